The van der Waals surface area contributed by atoms with Crippen LogP contribution in [0, 0.1) is 5.82 Å². The molecule has 1 aliphatic heterocycles. The molecule has 0 spiro atoms. The molecule has 32 heavy (non-hydrogen) atoms. The van der Waals surface area contributed by atoms with Crippen molar-refractivity contribution in [2.45, 2.75) is 4.34 Å². The highest BCUT2D eigenvalue weighted by Crippen LogP contribution is 2.28. The Morgan fingerprint density at radius 1 is 1.09 bits per heavy atom. The van der Waals surface area contributed by atoms with Crippen LogP contribution in [0.15, 0.2) is 58.9 Å². The van der Waals surface area contributed by atoms with E-state index in [4.69, 9.17) is 4.74 Å². The van der Waals surface area contributed by atoms with Gasteiger partial charge < -0.3 is 15.0 Å². The highest BCUT2D eigenvalue weighted by Gasteiger charge is 2.21. The normalized spacial score (nSPS) is 14.3. The highest BCUT2D eigenvalue weighted by molar-refractivity contribution is 8.01. The number of anilines is 2. The van der Waals surface area contributed by atoms with Gasteiger partial charge in [0.15, 0.2) is 4.34 Å². The summed E-state index contributed by atoms with van der Waals surface area (Å²) in [6, 6.07) is 16.0. The lowest BCUT2D eigenvalue weighted by Crippen LogP contribution is -2.50. The minimum Gasteiger partial charge on any atom is -0.492 e. The minimum atomic E-state index is -0.316. The first-order chi connectivity index (χ1) is 15.7. The van der Waals surface area contributed by atoms with Crippen molar-refractivity contribution in [2.75, 3.05) is 50.4 Å². The molecule has 0 radical (unpaired) electrons. The number of aromatic nitrogens is 2. The van der Waals surface area contributed by atoms with E-state index in [1.165, 1.54) is 35.2 Å². The van der Waals surface area contributed by atoms with E-state index in [0.717, 1.165) is 25.4 Å². The largest absolute Gasteiger partial charge is 0.492 e. The molecule has 168 valence electrons. The van der Waals surface area contributed by atoms with Crippen LogP contribution in [0.5, 0.6) is 5.75 Å². The number of piperazine rings is 1. The van der Waals surface area contributed by atoms with Crippen molar-refractivity contribution in [3.05, 3.63) is 60.4 Å². The van der Waals surface area contributed by atoms with Gasteiger partial charge in [-0.3, -0.25) is 9.69 Å². The molecule has 0 unspecified atom stereocenters. The van der Waals surface area contributed by atoms with Crippen LogP contribution in [0.1, 0.15) is 0 Å². The first-order valence-electron chi connectivity index (χ1n) is 10.3. The monoisotopic (exact) mass is 473 g/mol. The molecular formula is C22H24FN5O2S2. The van der Waals surface area contributed by atoms with Gasteiger partial charge in [-0.05, 0) is 30.3 Å². The van der Waals surface area contributed by atoms with Crippen LogP contribution in [0.2, 0.25) is 0 Å². The van der Waals surface area contributed by atoms with Gasteiger partial charge in [0.05, 0.1) is 5.75 Å². The second-order valence-corrected chi connectivity index (χ2v) is 9.38. The third-order valence-electron chi connectivity index (χ3n) is 4.95. The molecule has 1 aromatic heterocycles. The van der Waals surface area contributed by atoms with Crippen molar-refractivity contribution in [2.24, 2.45) is 0 Å². The van der Waals surface area contributed by atoms with Gasteiger partial charge in [0.25, 0.3) is 0 Å². The topological polar surface area (TPSA) is 70.6 Å². The van der Waals surface area contributed by atoms with Crippen LogP contribution in [-0.4, -0.2) is 71.0 Å². The van der Waals surface area contributed by atoms with Crippen LogP contribution >= 0.6 is 23.1 Å². The smallest absolute Gasteiger partial charge is 0.233 e. The fourth-order valence-corrected chi connectivity index (χ4v) is 4.93. The Labute approximate surface area is 194 Å². The first-order valence-corrected chi connectivity index (χ1v) is 12.1. The third-order valence-corrected chi connectivity index (χ3v) is 6.90. The summed E-state index contributed by atoms with van der Waals surface area (Å²) >= 11 is 2.72. The summed E-state index contributed by atoms with van der Waals surface area (Å²) in [5.41, 5.74) is 0.612. The van der Waals surface area contributed by atoms with Crippen LogP contribution in [0.25, 0.3) is 0 Å². The second-order valence-electron chi connectivity index (χ2n) is 7.18. The molecule has 2 aromatic carbocycles. The molecule has 1 aliphatic rings. The van der Waals surface area contributed by atoms with Gasteiger partial charge in [0, 0.05) is 38.4 Å². The van der Waals surface area contributed by atoms with Crippen molar-refractivity contribution in [1.82, 2.24) is 20.0 Å². The first kappa shape index (κ1) is 22.5. The molecule has 1 N–H and O–H groups in total. The molecule has 0 atom stereocenters. The Morgan fingerprint density at radius 3 is 2.69 bits per heavy atom. The number of nitrogens with one attached hydrogen (secondary N) is 1. The lowest BCUT2D eigenvalue weighted by atomic mass is 10.3. The number of para-hydroxylation sites is 1. The number of amides is 1. The van der Waals surface area contributed by atoms with Crippen molar-refractivity contribution in [3.8, 4) is 5.75 Å². The summed E-state index contributed by atoms with van der Waals surface area (Å²) in [4.78, 5) is 16.8. The standard InChI is InChI=1S/C22H24FN5O2S2/c23-17-5-4-6-18(15-17)24-21-25-26-22(32-21)31-16-20(29)28-11-9-27(10-12-28)13-14-30-19-7-2-1-3-8-19/h1-8,15H,9-14,16H2,(H,24,25). The predicted octanol–water partition coefficient (Wildman–Crippen LogP) is 3.74. The maximum atomic E-state index is 13.3. The van der Waals surface area contributed by atoms with Crippen molar-refractivity contribution >= 4 is 39.8 Å². The fraction of sp³-hybridized carbons (Fsp3) is 0.318. The van der Waals surface area contributed by atoms with E-state index in [-0.39, 0.29) is 11.7 Å². The number of nitrogens with zero attached hydrogens (tertiary/aromatic N) is 4. The highest BCUT2D eigenvalue weighted by atomic mass is 32.2. The van der Waals surface area contributed by atoms with E-state index in [2.05, 4.69) is 20.4 Å². The number of ether oxygens (including phenoxy) is 1. The summed E-state index contributed by atoms with van der Waals surface area (Å²) < 4.78 is 19.7. The Morgan fingerprint density at radius 2 is 1.91 bits per heavy atom. The van der Waals surface area contributed by atoms with Gasteiger partial charge in [-0.2, -0.15) is 0 Å². The Bertz CT molecular complexity index is 1010. The summed E-state index contributed by atoms with van der Waals surface area (Å²) in [6.07, 6.45) is 0. The quantitative estimate of drug-likeness (QED) is 0.475. The predicted molar refractivity (Wildman–Crippen MR) is 125 cm³/mol. The molecule has 3 aromatic rings. The molecule has 0 aliphatic carbocycles. The minimum absolute atomic E-state index is 0.102. The van der Waals surface area contributed by atoms with E-state index < -0.39 is 0 Å². The second kappa shape index (κ2) is 11.3. The van der Waals surface area contributed by atoms with E-state index in [9.17, 15) is 9.18 Å². The number of rotatable bonds is 9. The summed E-state index contributed by atoms with van der Waals surface area (Å²) in [6.45, 7) is 4.60. The van der Waals surface area contributed by atoms with Gasteiger partial charge in [-0.15, -0.1) is 10.2 Å². The zero-order valence-corrected chi connectivity index (χ0v) is 19.1. The van der Waals surface area contributed by atoms with Crippen molar-refractivity contribution in [1.29, 1.82) is 0 Å². The molecule has 0 saturated carbocycles. The van der Waals surface area contributed by atoms with Gasteiger partial charge >= 0.3 is 0 Å². The van der Waals surface area contributed by atoms with Gasteiger partial charge in [0.2, 0.25) is 11.0 Å². The summed E-state index contributed by atoms with van der Waals surface area (Å²) in [5, 5.41) is 11.8. The molecule has 7 nitrogen and oxygen atoms in total. The number of carbonyl (C=O) groups excluding carboxylic acids is 1. The average molecular weight is 474 g/mol. The number of halogens is 1. The Hall–Kier alpha value is -2.69. The van der Waals surface area contributed by atoms with Gasteiger partial charge in [-0.25, -0.2) is 4.39 Å². The average Bonchev–Trinajstić information content (AvgIpc) is 3.26. The van der Waals surface area contributed by atoms with E-state index in [0.29, 0.717) is 40.6 Å². The van der Waals surface area contributed by atoms with Crippen molar-refractivity contribution in [3.63, 3.8) is 0 Å². The Kier molecular flexibility index (Phi) is 7.92. The zero-order valence-electron chi connectivity index (χ0n) is 17.4. The molecular weight excluding hydrogens is 449 g/mol. The maximum absolute atomic E-state index is 13.3. The SMILES string of the molecule is O=C(CSc1nnc(Nc2cccc(F)c2)s1)N1CCN(CCOc2ccccc2)CC1. The van der Waals surface area contributed by atoms with E-state index in [1.54, 1.807) is 12.1 Å². The number of thioether (sulfide) groups is 1. The number of carbonyl (C=O) groups is 1. The van der Waals surface area contributed by atoms with Gasteiger partial charge in [-0.1, -0.05) is 47.4 Å². The van der Waals surface area contributed by atoms with Crippen LogP contribution in [0.3, 0.4) is 0 Å². The number of benzene rings is 2. The zero-order chi connectivity index (χ0) is 22.2. The van der Waals surface area contributed by atoms with E-state index in [1.807, 2.05) is 35.2 Å². The van der Waals surface area contributed by atoms with Crippen LogP contribution in [0.4, 0.5) is 15.2 Å². The lowest BCUT2D eigenvalue weighted by molar-refractivity contribution is -0.130. The van der Waals surface area contributed by atoms with Crippen LogP contribution < -0.4 is 10.1 Å². The molecule has 10 heteroatoms. The third kappa shape index (κ3) is 6.65. The lowest BCUT2D eigenvalue weighted by Gasteiger charge is -2.34. The number of hydrogen-bond donors (Lipinski definition) is 1. The molecule has 1 amide bonds. The summed E-state index contributed by atoms with van der Waals surface area (Å²) in [5.74, 6) is 0.990. The molecule has 0 bridgehead atoms. The maximum Gasteiger partial charge on any atom is 0.233 e. The molecule has 2 heterocycles. The molecule has 4 rings (SSSR count). The Balaban J connectivity index is 1.15. The molecule has 1 fully saturated rings. The van der Waals surface area contributed by atoms with E-state index >= 15 is 0 Å². The molecule has 1 saturated heterocycles. The number of hydrogen-bond acceptors (Lipinski definition) is 8. The van der Waals surface area contributed by atoms with Gasteiger partial charge in [0.1, 0.15) is 18.2 Å². The fourth-order valence-electron chi connectivity index (χ4n) is 3.25. The summed E-state index contributed by atoms with van der Waals surface area (Å²) in [7, 11) is 0. The van der Waals surface area contributed by atoms with Crippen LogP contribution in [-0.2, 0) is 4.79 Å². The van der Waals surface area contributed by atoms with Crippen molar-refractivity contribution < 1.29 is 13.9 Å².